The van der Waals surface area contributed by atoms with Gasteiger partial charge in [0.25, 0.3) is 10.0 Å². The number of thiophene rings is 2. The summed E-state index contributed by atoms with van der Waals surface area (Å²) in [4.78, 5) is 2.13. The molecule has 2 aromatic rings. The molecule has 0 aromatic carbocycles. The van der Waals surface area contributed by atoms with Crippen LogP contribution in [0.1, 0.15) is 29.1 Å². The van der Waals surface area contributed by atoms with Crippen molar-refractivity contribution in [2.75, 3.05) is 13.6 Å². The number of nitrogens with one attached hydrogen (secondary N) is 2. The monoisotopic (exact) mass is 344 g/mol. The van der Waals surface area contributed by atoms with Crippen molar-refractivity contribution in [2.24, 2.45) is 0 Å². The minimum Gasteiger partial charge on any atom is -0.319 e. The van der Waals surface area contributed by atoms with Gasteiger partial charge in [-0.15, -0.1) is 22.7 Å². The van der Waals surface area contributed by atoms with Crippen LogP contribution < -0.4 is 10.0 Å². The van der Waals surface area contributed by atoms with Crippen LogP contribution in [0.4, 0.5) is 0 Å². The fraction of sp³-hybridized carbons (Fsp3) is 0.429. The van der Waals surface area contributed by atoms with Gasteiger partial charge >= 0.3 is 0 Å². The van der Waals surface area contributed by atoms with Gasteiger partial charge in [-0.2, -0.15) is 0 Å². The minimum absolute atomic E-state index is 0.155. The topological polar surface area (TPSA) is 58.2 Å². The van der Waals surface area contributed by atoms with Crippen LogP contribution in [0, 0.1) is 0 Å². The predicted molar refractivity (Wildman–Crippen MR) is 89.6 cm³/mol. The first-order valence-electron chi connectivity index (χ1n) is 6.86. The van der Waals surface area contributed by atoms with Crippen molar-refractivity contribution in [1.29, 1.82) is 0 Å². The zero-order chi connectivity index (χ0) is 15.3. The Kier molecular flexibility index (Phi) is 5.95. The predicted octanol–water partition coefficient (Wildman–Crippen LogP) is 3.00. The molecule has 0 bridgehead atoms. The van der Waals surface area contributed by atoms with Gasteiger partial charge in [0.1, 0.15) is 4.21 Å². The van der Waals surface area contributed by atoms with E-state index in [1.807, 2.05) is 37.6 Å². The molecule has 2 aromatic heterocycles. The average molecular weight is 345 g/mol. The standard InChI is InChI=1S/C14H20N2O2S3/c1-3-12(13-5-4-10-19-13)16-21(17,18)14-7-6-11(20-14)8-9-15-2/h4-7,10,12,15-16H,3,8-9H2,1-2H3. The van der Waals surface area contributed by atoms with Gasteiger partial charge in [0.15, 0.2) is 0 Å². The summed E-state index contributed by atoms with van der Waals surface area (Å²) >= 11 is 2.92. The summed E-state index contributed by atoms with van der Waals surface area (Å²) in [5, 5.41) is 5.03. The Balaban J connectivity index is 2.12. The highest BCUT2D eigenvalue weighted by Gasteiger charge is 2.22. The maximum atomic E-state index is 12.5. The summed E-state index contributed by atoms with van der Waals surface area (Å²) in [7, 11) is -1.56. The van der Waals surface area contributed by atoms with E-state index in [2.05, 4.69) is 10.0 Å². The first-order chi connectivity index (χ1) is 10.1. The van der Waals surface area contributed by atoms with Crippen molar-refractivity contribution in [3.8, 4) is 0 Å². The zero-order valence-corrected chi connectivity index (χ0v) is 14.6. The second kappa shape index (κ2) is 7.51. The average Bonchev–Trinajstić information content (AvgIpc) is 3.13. The normalized spacial score (nSPS) is 13.4. The van der Waals surface area contributed by atoms with Crippen molar-refractivity contribution in [1.82, 2.24) is 10.0 Å². The van der Waals surface area contributed by atoms with Crippen molar-refractivity contribution >= 4 is 32.7 Å². The number of rotatable bonds is 8. The number of likely N-dealkylation sites (N-methyl/N-ethyl adjacent to an activating group) is 1. The smallest absolute Gasteiger partial charge is 0.250 e. The van der Waals surface area contributed by atoms with Crippen LogP contribution in [0.15, 0.2) is 33.9 Å². The SMILES string of the molecule is CCC(NS(=O)(=O)c1ccc(CCNC)s1)c1cccs1. The summed E-state index contributed by atoms with van der Waals surface area (Å²) in [6.07, 6.45) is 1.58. The lowest BCUT2D eigenvalue weighted by molar-refractivity contribution is 0.555. The second-order valence-electron chi connectivity index (χ2n) is 4.67. The molecular weight excluding hydrogens is 324 g/mol. The lowest BCUT2D eigenvalue weighted by Crippen LogP contribution is -2.27. The van der Waals surface area contributed by atoms with Gasteiger partial charge in [-0.1, -0.05) is 13.0 Å². The Bertz CT molecular complexity index is 648. The van der Waals surface area contributed by atoms with Crippen LogP contribution in [0.5, 0.6) is 0 Å². The fourth-order valence-electron chi connectivity index (χ4n) is 1.96. The first-order valence-corrected chi connectivity index (χ1v) is 10.0. The molecule has 2 N–H and O–H groups in total. The Morgan fingerprint density at radius 3 is 2.71 bits per heavy atom. The Hall–Kier alpha value is -0.730. The highest BCUT2D eigenvalue weighted by molar-refractivity contribution is 7.91. The quantitative estimate of drug-likeness (QED) is 0.774. The molecule has 116 valence electrons. The van der Waals surface area contributed by atoms with E-state index < -0.39 is 10.0 Å². The molecule has 0 amide bonds. The number of sulfonamides is 1. The summed E-state index contributed by atoms with van der Waals surface area (Å²) in [5.74, 6) is 0. The highest BCUT2D eigenvalue weighted by Crippen LogP contribution is 2.27. The molecule has 0 aliphatic rings. The molecule has 0 spiro atoms. The van der Waals surface area contributed by atoms with Gasteiger partial charge in [-0.3, -0.25) is 0 Å². The third kappa shape index (κ3) is 4.37. The van der Waals surface area contributed by atoms with Crippen LogP contribution in [0.2, 0.25) is 0 Å². The van der Waals surface area contributed by atoms with E-state index in [-0.39, 0.29) is 6.04 Å². The number of hydrogen-bond acceptors (Lipinski definition) is 5. The van der Waals surface area contributed by atoms with Crippen LogP contribution in [0.3, 0.4) is 0 Å². The highest BCUT2D eigenvalue weighted by atomic mass is 32.2. The van der Waals surface area contributed by atoms with E-state index in [0.717, 1.165) is 29.1 Å². The summed E-state index contributed by atoms with van der Waals surface area (Å²) in [6, 6.07) is 7.34. The van der Waals surface area contributed by atoms with E-state index in [9.17, 15) is 8.42 Å². The molecule has 0 radical (unpaired) electrons. The Morgan fingerprint density at radius 2 is 2.10 bits per heavy atom. The number of hydrogen-bond donors (Lipinski definition) is 2. The first kappa shape index (κ1) is 16.6. The molecule has 0 aliphatic carbocycles. The second-order valence-corrected chi connectivity index (χ2v) is 8.76. The van der Waals surface area contributed by atoms with Crippen LogP contribution in [0.25, 0.3) is 0 Å². The maximum Gasteiger partial charge on any atom is 0.250 e. The van der Waals surface area contributed by atoms with E-state index in [1.165, 1.54) is 11.3 Å². The molecule has 2 rings (SSSR count). The molecule has 21 heavy (non-hydrogen) atoms. The molecule has 2 heterocycles. The van der Waals surface area contributed by atoms with Crippen molar-refractivity contribution in [3.63, 3.8) is 0 Å². The molecule has 1 atom stereocenters. The van der Waals surface area contributed by atoms with Gasteiger partial charge in [0.2, 0.25) is 0 Å². The van der Waals surface area contributed by atoms with Gasteiger partial charge in [0, 0.05) is 9.75 Å². The molecule has 4 nitrogen and oxygen atoms in total. The van der Waals surface area contributed by atoms with Gasteiger partial charge < -0.3 is 5.32 Å². The Morgan fingerprint density at radius 1 is 1.29 bits per heavy atom. The molecule has 0 saturated carbocycles. The largest absolute Gasteiger partial charge is 0.319 e. The van der Waals surface area contributed by atoms with E-state index >= 15 is 0 Å². The summed E-state index contributed by atoms with van der Waals surface area (Å²) in [5.41, 5.74) is 0. The van der Waals surface area contributed by atoms with Crippen molar-refractivity contribution in [2.45, 2.75) is 30.0 Å². The van der Waals surface area contributed by atoms with Crippen LogP contribution in [-0.4, -0.2) is 22.0 Å². The molecule has 0 fully saturated rings. The molecule has 7 heteroatoms. The van der Waals surface area contributed by atoms with Crippen molar-refractivity contribution in [3.05, 3.63) is 39.4 Å². The lowest BCUT2D eigenvalue weighted by atomic mass is 10.2. The van der Waals surface area contributed by atoms with Crippen molar-refractivity contribution < 1.29 is 8.42 Å². The van der Waals surface area contributed by atoms with E-state index in [4.69, 9.17) is 0 Å². The summed E-state index contributed by atoms with van der Waals surface area (Å²) in [6.45, 7) is 2.83. The molecule has 1 unspecified atom stereocenters. The molecule has 0 aliphatic heterocycles. The molecule has 0 saturated heterocycles. The summed E-state index contributed by atoms with van der Waals surface area (Å²) < 4.78 is 28.1. The van der Waals surface area contributed by atoms with E-state index in [0.29, 0.717) is 4.21 Å². The fourth-order valence-corrected chi connectivity index (χ4v) is 5.57. The molecular formula is C14H20N2O2S3. The van der Waals surface area contributed by atoms with Gasteiger partial charge in [0.05, 0.1) is 6.04 Å². The van der Waals surface area contributed by atoms with Crippen LogP contribution in [-0.2, 0) is 16.4 Å². The van der Waals surface area contributed by atoms with Crippen LogP contribution >= 0.6 is 22.7 Å². The lowest BCUT2D eigenvalue weighted by Gasteiger charge is -2.14. The zero-order valence-electron chi connectivity index (χ0n) is 12.1. The maximum absolute atomic E-state index is 12.5. The van der Waals surface area contributed by atoms with Gasteiger partial charge in [-0.25, -0.2) is 13.1 Å². The third-order valence-corrected chi connectivity index (χ3v) is 7.21. The third-order valence-electron chi connectivity index (χ3n) is 3.12. The Labute approximate surface area is 134 Å². The van der Waals surface area contributed by atoms with Gasteiger partial charge in [-0.05, 0) is 50.0 Å². The van der Waals surface area contributed by atoms with E-state index in [1.54, 1.807) is 17.4 Å². The minimum atomic E-state index is -3.45.